The Morgan fingerprint density at radius 2 is 2.05 bits per heavy atom. The summed E-state index contributed by atoms with van der Waals surface area (Å²) in [5, 5.41) is 3.28. The molecule has 0 atom stereocenters. The van der Waals surface area contributed by atoms with Gasteiger partial charge in [0, 0.05) is 19.2 Å². The Bertz CT molecular complexity index is 559. The number of methoxy groups -OCH3 is 1. The van der Waals surface area contributed by atoms with Gasteiger partial charge in [-0.15, -0.1) is 0 Å². The van der Waals surface area contributed by atoms with Crippen molar-refractivity contribution in [3.05, 3.63) is 17.9 Å². The molecule has 0 unspecified atom stereocenters. The molecule has 0 radical (unpaired) electrons. The maximum Gasteiger partial charge on any atom is 0.274 e. The third-order valence-electron chi connectivity index (χ3n) is 3.79. The minimum Gasteiger partial charge on any atom is -0.447 e. The van der Waals surface area contributed by atoms with Gasteiger partial charge < -0.3 is 14.5 Å². The number of hydrogen-bond donors (Lipinski definition) is 2. The van der Waals surface area contributed by atoms with Gasteiger partial charge in [-0.25, -0.2) is 13.1 Å². The lowest BCUT2D eigenvalue weighted by molar-refractivity contribution is 0.0235. The van der Waals surface area contributed by atoms with Crippen molar-refractivity contribution in [2.75, 3.05) is 7.11 Å². The second-order valence-corrected chi connectivity index (χ2v) is 7.17. The van der Waals surface area contributed by atoms with Crippen LogP contribution in [0.15, 0.2) is 21.6 Å². The van der Waals surface area contributed by atoms with Gasteiger partial charge in [0.05, 0.1) is 12.6 Å². The molecule has 2 N–H and O–H groups in total. The van der Waals surface area contributed by atoms with Crippen molar-refractivity contribution in [2.45, 2.75) is 55.5 Å². The van der Waals surface area contributed by atoms with Gasteiger partial charge in [-0.05, 0) is 37.8 Å². The number of furan rings is 1. The molecule has 0 amide bonds. The Morgan fingerprint density at radius 1 is 1.30 bits per heavy atom. The van der Waals surface area contributed by atoms with Gasteiger partial charge in [0.1, 0.15) is 5.76 Å². The van der Waals surface area contributed by atoms with Gasteiger partial charge >= 0.3 is 0 Å². The number of rotatable bonds is 7. The number of nitrogens with one attached hydrogen (secondary N) is 2. The third-order valence-corrected chi connectivity index (χ3v) is 5.19. The SMILES string of the molecule is COC1CC(NS(=O)(=O)c2ccc(CNC3CC3)o2)C1. The standard InChI is InChI=1S/C13H20N2O4S/c1-18-12-6-10(7-12)15-20(16,17)13-5-4-11(19-13)8-14-9-2-3-9/h4-5,9-10,12,14-15H,2-3,6-8H2,1H3. The monoisotopic (exact) mass is 300 g/mol. The van der Waals surface area contributed by atoms with Gasteiger partial charge in [-0.2, -0.15) is 0 Å². The van der Waals surface area contributed by atoms with Gasteiger partial charge in [-0.3, -0.25) is 0 Å². The quantitative estimate of drug-likeness (QED) is 0.785. The molecule has 20 heavy (non-hydrogen) atoms. The van der Waals surface area contributed by atoms with E-state index in [1.807, 2.05) is 0 Å². The fourth-order valence-electron chi connectivity index (χ4n) is 2.26. The lowest BCUT2D eigenvalue weighted by Crippen LogP contribution is -2.47. The highest BCUT2D eigenvalue weighted by atomic mass is 32.2. The summed E-state index contributed by atoms with van der Waals surface area (Å²) in [4.78, 5) is 0. The minimum absolute atomic E-state index is 0.00837. The topological polar surface area (TPSA) is 80.6 Å². The fourth-order valence-corrected chi connectivity index (χ4v) is 3.47. The predicted molar refractivity (Wildman–Crippen MR) is 72.7 cm³/mol. The average molecular weight is 300 g/mol. The molecule has 1 heterocycles. The normalized spacial score (nSPS) is 26.4. The molecule has 2 aliphatic rings. The van der Waals surface area contributed by atoms with E-state index in [2.05, 4.69) is 10.0 Å². The van der Waals surface area contributed by atoms with Gasteiger partial charge in [0.2, 0.25) is 5.09 Å². The van der Waals surface area contributed by atoms with E-state index < -0.39 is 10.0 Å². The van der Waals surface area contributed by atoms with Crippen LogP contribution in [0.25, 0.3) is 0 Å². The molecule has 2 fully saturated rings. The van der Waals surface area contributed by atoms with Gasteiger partial charge in [0.25, 0.3) is 10.0 Å². The maximum absolute atomic E-state index is 12.1. The summed E-state index contributed by atoms with van der Waals surface area (Å²) in [6.07, 6.45) is 3.97. The van der Waals surface area contributed by atoms with Crippen LogP contribution in [0.5, 0.6) is 0 Å². The zero-order valence-corrected chi connectivity index (χ0v) is 12.3. The molecular formula is C13H20N2O4S. The zero-order chi connectivity index (χ0) is 14.2. The third kappa shape index (κ3) is 3.22. The minimum atomic E-state index is -3.55. The van der Waals surface area contributed by atoms with Crippen molar-refractivity contribution >= 4 is 10.0 Å². The first kappa shape index (κ1) is 14.1. The van der Waals surface area contributed by atoms with Crippen LogP contribution >= 0.6 is 0 Å². The fraction of sp³-hybridized carbons (Fsp3) is 0.692. The van der Waals surface area contributed by atoms with Crippen molar-refractivity contribution in [2.24, 2.45) is 0 Å². The first-order chi connectivity index (χ1) is 9.56. The van der Waals surface area contributed by atoms with E-state index in [0.29, 0.717) is 31.2 Å². The summed E-state index contributed by atoms with van der Waals surface area (Å²) < 4.78 is 37.4. The Morgan fingerprint density at radius 3 is 2.70 bits per heavy atom. The highest BCUT2D eigenvalue weighted by Crippen LogP contribution is 2.25. The van der Waals surface area contributed by atoms with Crippen LogP contribution in [0.4, 0.5) is 0 Å². The van der Waals surface area contributed by atoms with E-state index in [-0.39, 0.29) is 17.2 Å². The molecule has 0 spiro atoms. The van der Waals surface area contributed by atoms with E-state index in [1.165, 1.54) is 18.9 Å². The first-order valence-electron chi connectivity index (χ1n) is 6.94. The maximum atomic E-state index is 12.1. The number of sulfonamides is 1. The van der Waals surface area contributed by atoms with Crippen LogP contribution in [0, 0.1) is 0 Å². The van der Waals surface area contributed by atoms with Crippen LogP contribution in [-0.4, -0.2) is 33.7 Å². The summed E-state index contributed by atoms with van der Waals surface area (Å²) in [6, 6.07) is 3.74. The Kier molecular flexibility index (Phi) is 3.85. The largest absolute Gasteiger partial charge is 0.447 e. The van der Waals surface area contributed by atoms with Crippen molar-refractivity contribution in [1.82, 2.24) is 10.0 Å². The summed E-state index contributed by atoms with van der Waals surface area (Å²) >= 11 is 0. The van der Waals surface area contributed by atoms with Crippen LogP contribution in [0.1, 0.15) is 31.4 Å². The lowest BCUT2D eigenvalue weighted by Gasteiger charge is -2.33. The van der Waals surface area contributed by atoms with E-state index in [9.17, 15) is 8.42 Å². The average Bonchev–Trinajstić information content (AvgIpc) is 3.07. The van der Waals surface area contributed by atoms with E-state index in [4.69, 9.17) is 9.15 Å². The molecule has 0 bridgehead atoms. The first-order valence-corrected chi connectivity index (χ1v) is 8.42. The van der Waals surface area contributed by atoms with Crippen molar-refractivity contribution in [1.29, 1.82) is 0 Å². The molecule has 1 aromatic rings. The van der Waals surface area contributed by atoms with E-state index in [0.717, 1.165) is 0 Å². The second-order valence-electron chi connectivity index (χ2n) is 5.52. The molecule has 0 saturated heterocycles. The number of ether oxygens (including phenoxy) is 1. The van der Waals surface area contributed by atoms with E-state index in [1.54, 1.807) is 13.2 Å². The molecule has 0 aromatic carbocycles. The molecular weight excluding hydrogens is 280 g/mol. The molecule has 2 saturated carbocycles. The molecule has 6 nitrogen and oxygen atoms in total. The molecule has 3 rings (SSSR count). The highest BCUT2D eigenvalue weighted by molar-refractivity contribution is 7.89. The Hall–Kier alpha value is -0.890. The van der Waals surface area contributed by atoms with Crippen LogP contribution in [-0.2, 0) is 21.3 Å². The van der Waals surface area contributed by atoms with Crippen molar-refractivity contribution < 1.29 is 17.6 Å². The van der Waals surface area contributed by atoms with E-state index >= 15 is 0 Å². The van der Waals surface area contributed by atoms with Crippen LogP contribution < -0.4 is 10.0 Å². The zero-order valence-electron chi connectivity index (χ0n) is 11.5. The Labute approximate surface area is 118 Å². The summed E-state index contributed by atoms with van der Waals surface area (Å²) in [7, 11) is -1.91. The summed E-state index contributed by atoms with van der Waals surface area (Å²) in [5.41, 5.74) is 0. The smallest absolute Gasteiger partial charge is 0.274 e. The van der Waals surface area contributed by atoms with Crippen molar-refractivity contribution in [3.63, 3.8) is 0 Å². The molecule has 7 heteroatoms. The summed E-state index contributed by atoms with van der Waals surface area (Å²) in [6.45, 7) is 0.579. The highest BCUT2D eigenvalue weighted by Gasteiger charge is 2.33. The Balaban J connectivity index is 1.56. The van der Waals surface area contributed by atoms with Crippen LogP contribution in [0.2, 0.25) is 0 Å². The van der Waals surface area contributed by atoms with Crippen molar-refractivity contribution in [3.8, 4) is 0 Å². The predicted octanol–water partition coefficient (Wildman–Crippen LogP) is 0.987. The molecule has 1 aromatic heterocycles. The number of hydrogen-bond acceptors (Lipinski definition) is 5. The van der Waals surface area contributed by atoms with Gasteiger partial charge in [0.15, 0.2) is 0 Å². The molecule has 0 aliphatic heterocycles. The molecule has 112 valence electrons. The van der Waals surface area contributed by atoms with Crippen LogP contribution in [0.3, 0.4) is 0 Å². The van der Waals surface area contributed by atoms with Gasteiger partial charge in [-0.1, -0.05) is 0 Å². The summed E-state index contributed by atoms with van der Waals surface area (Å²) in [5.74, 6) is 0.653. The lowest BCUT2D eigenvalue weighted by atomic mass is 9.90. The molecule has 2 aliphatic carbocycles. The second kappa shape index (κ2) is 5.48.